The molecule has 1 saturated heterocycles. The molecule has 0 saturated carbocycles. The third-order valence-corrected chi connectivity index (χ3v) is 4.97. The number of nitrogens with zero attached hydrogens (tertiary/aromatic N) is 2. The average Bonchev–Trinajstić information content (AvgIpc) is 2.86. The summed E-state index contributed by atoms with van der Waals surface area (Å²) in [4.78, 5) is 28.8. The Hall–Kier alpha value is -2.04. The van der Waals surface area contributed by atoms with Crippen molar-refractivity contribution in [1.82, 2.24) is 9.80 Å². The number of ether oxygens (including phenoxy) is 1. The first kappa shape index (κ1) is 20.3. The number of hydrogen-bond donors (Lipinski definition) is 0. The summed E-state index contributed by atoms with van der Waals surface area (Å²) in [6, 6.07) is 6.08. The molecule has 0 radical (unpaired) electrons. The third-order valence-electron chi connectivity index (χ3n) is 4.97. The topological polar surface area (TPSA) is 49.9 Å². The molecular weight excluding hydrogens is 328 g/mol. The molecule has 1 heterocycles. The standard InChI is InChI=1S/C21H32N2O3/c1-15(2)17-7-8-19(26-5)18(13-17)14-20(24)22-9-6-10-23(12-11-22)21(25)16(3)4/h7-8,13,15-16H,6,9-12,14H2,1-5H3. The van der Waals surface area contributed by atoms with Crippen LogP contribution in [0.2, 0.25) is 0 Å². The highest BCUT2D eigenvalue weighted by atomic mass is 16.5. The van der Waals surface area contributed by atoms with Crippen molar-refractivity contribution in [2.75, 3.05) is 33.3 Å². The molecule has 0 unspecified atom stereocenters. The molecule has 5 nitrogen and oxygen atoms in total. The second-order valence-electron chi connectivity index (χ2n) is 7.62. The van der Waals surface area contributed by atoms with Gasteiger partial charge in [-0.15, -0.1) is 0 Å². The van der Waals surface area contributed by atoms with E-state index >= 15 is 0 Å². The van der Waals surface area contributed by atoms with Crippen molar-refractivity contribution >= 4 is 11.8 Å². The maximum absolute atomic E-state index is 12.8. The monoisotopic (exact) mass is 360 g/mol. The van der Waals surface area contributed by atoms with E-state index in [2.05, 4.69) is 26.0 Å². The number of carbonyl (C=O) groups excluding carboxylic acids is 2. The highest BCUT2D eigenvalue weighted by Gasteiger charge is 2.24. The van der Waals surface area contributed by atoms with Gasteiger partial charge in [0.2, 0.25) is 11.8 Å². The number of benzene rings is 1. The van der Waals surface area contributed by atoms with Crippen molar-refractivity contribution in [3.05, 3.63) is 29.3 Å². The lowest BCUT2D eigenvalue weighted by Crippen LogP contribution is -2.39. The molecule has 1 aliphatic heterocycles. The normalized spacial score (nSPS) is 15.3. The van der Waals surface area contributed by atoms with Gasteiger partial charge in [0.25, 0.3) is 0 Å². The van der Waals surface area contributed by atoms with Gasteiger partial charge in [-0.05, 0) is 24.0 Å². The number of carbonyl (C=O) groups is 2. The van der Waals surface area contributed by atoms with Gasteiger partial charge in [0.15, 0.2) is 0 Å². The lowest BCUT2D eigenvalue weighted by Gasteiger charge is -2.24. The van der Waals surface area contributed by atoms with E-state index in [0.29, 0.717) is 32.0 Å². The van der Waals surface area contributed by atoms with Gasteiger partial charge in [-0.2, -0.15) is 0 Å². The van der Waals surface area contributed by atoms with Crippen LogP contribution >= 0.6 is 0 Å². The fourth-order valence-corrected chi connectivity index (χ4v) is 3.32. The zero-order valence-electron chi connectivity index (χ0n) is 16.7. The van der Waals surface area contributed by atoms with E-state index in [0.717, 1.165) is 24.3 Å². The van der Waals surface area contributed by atoms with Crippen LogP contribution in [0.3, 0.4) is 0 Å². The molecule has 0 spiro atoms. The first-order valence-electron chi connectivity index (χ1n) is 9.56. The summed E-state index contributed by atoms with van der Waals surface area (Å²) < 4.78 is 5.44. The first-order chi connectivity index (χ1) is 12.3. The molecule has 26 heavy (non-hydrogen) atoms. The number of amides is 2. The Morgan fingerprint density at radius 2 is 1.69 bits per heavy atom. The van der Waals surface area contributed by atoms with Crippen LogP contribution in [0, 0.1) is 5.92 Å². The van der Waals surface area contributed by atoms with Gasteiger partial charge in [-0.3, -0.25) is 9.59 Å². The third kappa shape index (κ3) is 4.99. The van der Waals surface area contributed by atoms with Crippen molar-refractivity contribution in [2.24, 2.45) is 5.92 Å². The highest BCUT2D eigenvalue weighted by molar-refractivity contribution is 5.80. The Morgan fingerprint density at radius 3 is 2.31 bits per heavy atom. The van der Waals surface area contributed by atoms with Crippen molar-refractivity contribution in [3.63, 3.8) is 0 Å². The van der Waals surface area contributed by atoms with Crippen LogP contribution in [0.25, 0.3) is 0 Å². The molecule has 144 valence electrons. The Morgan fingerprint density at radius 1 is 1.04 bits per heavy atom. The zero-order valence-corrected chi connectivity index (χ0v) is 16.7. The van der Waals surface area contributed by atoms with E-state index < -0.39 is 0 Å². The molecule has 0 bridgehead atoms. The lowest BCUT2D eigenvalue weighted by atomic mass is 9.98. The minimum absolute atomic E-state index is 0.000265. The number of methoxy groups -OCH3 is 1. The molecule has 1 aliphatic rings. The van der Waals surface area contributed by atoms with E-state index in [4.69, 9.17) is 4.74 Å². The summed E-state index contributed by atoms with van der Waals surface area (Å²) in [5, 5.41) is 0. The average molecular weight is 360 g/mol. The van der Waals surface area contributed by atoms with E-state index in [1.54, 1.807) is 7.11 Å². The fraction of sp³-hybridized carbons (Fsp3) is 0.619. The van der Waals surface area contributed by atoms with Crippen molar-refractivity contribution in [2.45, 2.75) is 46.5 Å². The molecule has 1 aromatic carbocycles. The maximum atomic E-state index is 12.8. The Labute approximate surface area is 157 Å². The molecule has 2 amide bonds. The maximum Gasteiger partial charge on any atom is 0.227 e. The van der Waals surface area contributed by atoms with Crippen LogP contribution in [0.15, 0.2) is 18.2 Å². The van der Waals surface area contributed by atoms with E-state index in [9.17, 15) is 9.59 Å². The summed E-state index contributed by atoms with van der Waals surface area (Å²) in [5.41, 5.74) is 2.14. The smallest absolute Gasteiger partial charge is 0.227 e. The molecule has 0 atom stereocenters. The molecule has 2 rings (SSSR count). The van der Waals surface area contributed by atoms with Gasteiger partial charge < -0.3 is 14.5 Å². The van der Waals surface area contributed by atoms with E-state index in [-0.39, 0.29) is 17.7 Å². The summed E-state index contributed by atoms with van der Waals surface area (Å²) >= 11 is 0. The van der Waals surface area contributed by atoms with Crippen LogP contribution in [0.5, 0.6) is 5.75 Å². The minimum atomic E-state index is 0.000265. The Bertz CT molecular complexity index is 640. The molecule has 5 heteroatoms. The second-order valence-corrected chi connectivity index (χ2v) is 7.62. The van der Waals surface area contributed by atoms with Gasteiger partial charge in [0.1, 0.15) is 5.75 Å². The van der Waals surface area contributed by atoms with Gasteiger partial charge in [0.05, 0.1) is 13.5 Å². The number of hydrogen-bond acceptors (Lipinski definition) is 3. The van der Waals surface area contributed by atoms with Gasteiger partial charge in [-0.1, -0.05) is 39.8 Å². The molecule has 0 N–H and O–H groups in total. The largest absolute Gasteiger partial charge is 0.496 e. The molecular formula is C21H32N2O3. The van der Waals surface area contributed by atoms with Crippen LogP contribution in [0.4, 0.5) is 0 Å². The number of rotatable bonds is 5. The molecule has 0 aliphatic carbocycles. The summed E-state index contributed by atoms with van der Waals surface area (Å²) in [6.45, 7) is 10.8. The van der Waals surface area contributed by atoms with Crippen LogP contribution in [0.1, 0.15) is 51.2 Å². The second kappa shape index (κ2) is 9.06. The fourth-order valence-electron chi connectivity index (χ4n) is 3.32. The van der Waals surface area contributed by atoms with Crippen LogP contribution in [-0.2, 0) is 16.0 Å². The molecule has 0 aromatic heterocycles. The quantitative estimate of drug-likeness (QED) is 0.811. The first-order valence-corrected chi connectivity index (χ1v) is 9.56. The predicted octanol–water partition coefficient (Wildman–Crippen LogP) is 3.08. The predicted molar refractivity (Wildman–Crippen MR) is 103 cm³/mol. The van der Waals surface area contributed by atoms with E-state index in [1.807, 2.05) is 29.7 Å². The van der Waals surface area contributed by atoms with E-state index in [1.165, 1.54) is 5.56 Å². The van der Waals surface area contributed by atoms with Gasteiger partial charge in [-0.25, -0.2) is 0 Å². The minimum Gasteiger partial charge on any atom is -0.496 e. The molecule has 1 fully saturated rings. The Balaban J connectivity index is 2.06. The SMILES string of the molecule is COc1ccc(C(C)C)cc1CC(=O)N1CCCN(C(=O)C(C)C)CC1. The molecule has 1 aromatic rings. The lowest BCUT2D eigenvalue weighted by molar-refractivity contribution is -0.135. The van der Waals surface area contributed by atoms with Crippen molar-refractivity contribution in [3.8, 4) is 5.75 Å². The highest BCUT2D eigenvalue weighted by Crippen LogP contribution is 2.25. The summed E-state index contributed by atoms with van der Waals surface area (Å²) in [6.07, 6.45) is 1.16. The van der Waals surface area contributed by atoms with Crippen LogP contribution < -0.4 is 4.74 Å². The zero-order chi connectivity index (χ0) is 19.3. The Kier molecular flexibility index (Phi) is 7.06. The summed E-state index contributed by atoms with van der Waals surface area (Å²) in [7, 11) is 1.64. The van der Waals surface area contributed by atoms with Crippen LogP contribution in [-0.4, -0.2) is 54.9 Å². The van der Waals surface area contributed by atoms with Gasteiger partial charge in [0, 0.05) is 37.7 Å². The van der Waals surface area contributed by atoms with Crippen molar-refractivity contribution < 1.29 is 14.3 Å². The van der Waals surface area contributed by atoms with Crippen molar-refractivity contribution in [1.29, 1.82) is 0 Å². The summed E-state index contributed by atoms with van der Waals surface area (Å²) in [5.74, 6) is 1.44. The van der Waals surface area contributed by atoms with Gasteiger partial charge >= 0.3 is 0 Å².